The summed E-state index contributed by atoms with van der Waals surface area (Å²) in [6.07, 6.45) is 3.03. The molecule has 0 radical (unpaired) electrons. The Balaban J connectivity index is 2.67. The van der Waals surface area contributed by atoms with E-state index in [9.17, 15) is 9.90 Å². The normalized spacial score (nSPS) is 25.0. The lowest BCUT2D eigenvalue weighted by molar-refractivity contribution is -0.145. The lowest BCUT2D eigenvalue weighted by Crippen LogP contribution is -2.57. The highest BCUT2D eigenvalue weighted by molar-refractivity contribution is 5.78. The van der Waals surface area contributed by atoms with E-state index in [0.717, 1.165) is 6.54 Å². The predicted molar refractivity (Wildman–Crippen MR) is 86.7 cm³/mol. The van der Waals surface area contributed by atoms with E-state index >= 15 is 0 Å². The van der Waals surface area contributed by atoms with Gasteiger partial charge in [0.2, 0.25) is 0 Å². The number of carboxylic acid groups (broad SMARTS) is 1. The smallest absolute Gasteiger partial charge is 0.323 e. The molecule has 1 saturated heterocycles. The van der Waals surface area contributed by atoms with Crippen molar-refractivity contribution in [1.82, 2.24) is 15.1 Å². The molecule has 0 aliphatic carbocycles. The molecule has 1 rings (SSSR count). The first-order valence-electron chi connectivity index (χ1n) is 8.07. The van der Waals surface area contributed by atoms with E-state index in [1.54, 1.807) is 6.92 Å². The Morgan fingerprint density at radius 1 is 1.48 bits per heavy atom. The Bertz CT molecular complexity index is 348. The molecule has 1 aliphatic heterocycles. The van der Waals surface area contributed by atoms with Gasteiger partial charge in [-0.1, -0.05) is 0 Å². The lowest BCUT2D eigenvalue weighted by Gasteiger charge is -2.41. The zero-order valence-corrected chi connectivity index (χ0v) is 14.5. The molecular weight excluding hydrogens is 266 g/mol. The highest BCUT2D eigenvalue weighted by Gasteiger charge is 2.37. The van der Waals surface area contributed by atoms with E-state index in [-0.39, 0.29) is 12.1 Å². The van der Waals surface area contributed by atoms with Crippen LogP contribution in [-0.2, 0) is 4.79 Å². The summed E-state index contributed by atoms with van der Waals surface area (Å²) < 4.78 is 0. The number of hydrogen-bond donors (Lipinski definition) is 2. The molecule has 1 heterocycles. The Hall–Kier alpha value is -0.650. The van der Waals surface area contributed by atoms with Crippen LogP contribution in [0.4, 0.5) is 0 Å². The molecule has 124 valence electrons. The highest BCUT2D eigenvalue weighted by atomic mass is 16.4. The summed E-state index contributed by atoms with van der Waals surface area (Å²) in [4.78, 5) is 16.4. The van der Waals surface area contributed by atoms with Gasteiger partial charge in [0.1, 0.15) is 5.54 Å². The number of carboxylic acids is 1. The molecule has 5 heteroatoms. The molecular formula is C16H33N3O2. The predicted octanol–water partition coefficient (Wildman–Crippen LogP) is 1.63. The number of hydrogen-bond acceptors (Lipinski definition) is 4. The highest BCUT2D eigenvalue weighted by Crippen LogP contribution is 2.22. The molecule has 0 aromatic carbocycles. The van der Waals surface area contributed by atoms with Crippen molar-refractivity contribution in [3.8, 4) is 0 Å². The second-order valence-electron chi connectivity index (χ2n) is 7.21. The number of aliphatic carboxylic acids is 1. The molecule has 5 nitrogen and oxygen atoms in total. The van der Waals surface area contributed by atoms with Crippen LogP contribution in [0.2, 0.25) is 0 Å². The minimum absolute atomic E-state index is 0.157. The molecule has 0 bridgehead atoms. The summed E-state index contributed by atoms with van der Waals surface area (Å²) >= 11 is 0. The summed E-state index contributed by atoms with van der Waals surface area (Å²) in [5, 5.41) is 12.8. The molecule has 21 heavy (non-hydrogen) atoms. The summed E-state index contributed by atoms with van der Waals surface area (Å²) in [7, 11) is 4.29. The first-order chi connectivity index (χ1) is 9.65. The second kappa shape index (κ2) is 7.56. The van der Waals surface area contributed by atoms with Crippen molar-refractivity contribution < 1.29 is 9.90 Å². The SMILES string of the molecule is CC(C)NC(C)(CC(C)N(C)C1CCCN(C)C1)C(=O)O. The van der Waals surface area contributed by atoms with Gasteiger partial charge < -0.3 is 10.0 Å². The number of rotatable bonds is 7. The molecule has 2 N–H and O–H groups in total. The van der Waals surface area contributed by atoms with Crippen molar-refractivity contribution in [2.24, 2.45) is 0 Å². The molecule has 3 unspecified atom stereocenters. The summed E-state index contributed by atoms with van der Waals surface area (Å²) in [6, 6.07) is 0.911. The molecule has 0 amide bonds. The fraction of sp³-hybridized carbons (Fsp3) is 0.938. The molecule has 0 aromatic rings. The monoisotopic (exact) mass is 299 g/mol. The fourth-order valence-corrected chi connectivity index (χ4v) is 3.41. The third-order valence-corrected chi connectivity index (χ3v) is 4.65. The first-order valence-corrected chi connectivity index (χ1v) is 8.07. The van der Waals surface area contributed by atoms with Crippen LogP contribution in [0, 0.1) is 0 Å². The third-order valence-electron chi connectivity index (χ3n) is 4.65. The summed E-state index contributed by atoms with van der Waals surface area (Å²) in [6.45, 7) is 10.2. The zero-order chi connectivity index (χ0) is 16.2. The number of carbonyl (C=O) groups is 1. The second-order valence-corrected chi connectivity index (χ2v) is 7.21. The molecule has 0 aromatic heterocycles. The van der Waals surface area contributed by atoms with Crippen molar-refractivity contribution in [1.29, 1.82) is 0 Å². The average molecular weight is 299 g/mol. The van der Waals surface area contributed by atoms with Gasteiger partial charge in [-0.2, -0.15) is 0 Å². The maximum Gasteiger partial charge on any atom is 0.323 e. The molecule has 3 atom stereocenters. The quantitative estimate of drug-likeness (QED) is 0.748. The Morgan fingerprint density at radius 3 is 2.57 bits per heavy atom. The van der Waals surface area contributed by atoms with Crippen molar-refractivity contribution in [3.05, 3.63) is 0 Å². The van der Waals surface area contributed by atoms with Crippen molar-refractivity contribution in [2.45, 2.75) is 70.6 Å². The van der Waals surface area contributed by atoms with Crippen LogP contribution in [0.1, 0.15) is 47.0 Å². The van der Waals surface area contributed by atoms with E-state index < -0.39 is 11.5 Å². The van der Waals surface area contributed by atoms with Gasteiger partial charge in [-0.05, 0) is 67.6 Å². The van der Waals surface area contributed by atoms with Crippen LogP contribution in [-0.4, -0.2) is 71.7 Å². The first kappa shape index (κ1) is 18.4. The van der Waals surface area contributed by atoms with E-state index in [1.807, 2.05) is 13.8 Å². The van der Waals surface area contributed by atoms with Gasteiger partial charge in [0, 0.05) is 24.7 Å². The maximum absolute atomic E-state index is 11.7. The molecule has 0 saturated carbocycles. The minimum atomic E-state index is -0.873. The number of likely N-dealkylation sites (N-methyl/N-ethyl adjacent to an activating group) is 2. The van der Waals surface area contributed by atoms with Gasteiger partial charge in [-0.15, -0.1) is 0 Å². The minimum Gasteiger partial charge on any atom is -0.480 e. The maximum atomic E-state index is 11.7. The zero-order valence-electron chi connectivity index (χ0n) is 14.5. The van der Waals surface area contributed by atoms with Gasteiger partial charge >= 0.3 is 5.97 Å². The number of likely N-dealkylation sites (tertiary alicyclic amines) is 1. The number of piperidine rings is 1. The summed E-state index contributed by atoms with van der Waals surface area (Å²) in [5.41, 5.74) is -0.873. The van der Waals surface area contributed by atoms with Crippen LogP contribution in [0.3, 0.4) is 0 Å². The van der Waals surface area contributed by atoms with Crippen molar-refractivity contribution in [2.75, 3.05) is 27.2 Å². The van der Waals surface area contributed by atoms with Gasteiger partial charge in [-0.3, -0.25) is 15.0 Å². The lowest BCUT2D eigenvalue weighted by atomic mass is 9.91. The summed E-state index contributed by atoms with van der Waals surface area (Å²) in [5.74, 6) is -0.766. The van der Waals surface area contributed by atoms with Gasteiger partial charge in [0.05, 0.1) is 0 Å². The van der Waals surface area contributed by atoms with Crippen LogP contribution < -0.4 is 5.32 Å². The number of nitrogens with one attached hydrogen (secondary N) is 1. The van der Waals surface area contributed by atoms with Gasteiger partial charge in [0.25, 0.3) is 0 Å². The van der Waals surface area contributed by atoms with Crippen LogP contribution in [0.15, 0.2) is 0 Å². The fourth-order valence-electron chi connectivity index (χ4n) is 3.41. The Morgan fingerprint density at radius 2 is 2.10 bits per heavy atom. The number of nitrogens with zero attached hydrogens (tertiary/aromatic N) is 2. The van der Waals surface area contributed by atoms with Crippen LogP contribution >= 0.6 is 0 Å². The van der Waals surface area contributed by atoms with E-state index in [4.69, 9.17) is 0 Å². The molecule has 0 spiro atoms. The van der Waals surface area contributed by atoms with Crippen LogP contribution in [0.5, 0.6) is 0 Å². The van der Waals surface area contributed by atoms with E-state index in [0.29, 0.717) is 12.5 Å². The largest absolute Gasteiger partial charge is 0.480 e. The van der Waals surface area contributed by atoms with Crippen molar-refractivity contribution >= 4 is 5.97 Å². The van der Waals surface area contributed by atoms with E-state index in [1.165, 1.54) is 19.4 Å². The standard InChI is InChI=1S/C16H33N3O2/c1-12(2)17-16(4,15(20)21)10-13(3)19(6)14-8-7-9-18(5)11-14/h12-14,17H,7-11H2,1-6H3,(H,20,21). The third kappa shape index (κ3) is 5.24. The van der Waals surface area contributed by atoms with Crippen LogP contribution in [0.25, 0.3) is 0 Å². The Labute approximate surface area is 129 Å². The molecule has 1 aliphatic rings. The van der Waals surface area contributed by atoms with Gasteiger partial charge in [-0.25, -0.2) is 0 Å². The Kier molecular flexibility index (Phi) is 6.63. The molecule has 1 fully saturated rings. The van der Waals surface area contributed by atoms with E-state index in [2.05, 4.69) is 36.1 Å². The topological polar surface area (TPSA) is 55.8 Å². The van der Waals surface area contributed by atoms with Crippen molar-refractivity contribution in [3.63, 3.8) is 0 Å². The average Bonchev–Trinajstić information content (AvgIpc) is 2.36. The van der Waals surface area contributed by atoms with Gasteiger partial charge in [0.15, 0.2) is 0 Å².